The molecule has 2 nitrogen and oxygen atoms in total. The van der Waals surface area contributed by atoms with Gasteiger partial charge in [-0.15, -0.1) is 0 Å². The van der Waals surface area contributed by atoms with Gasteiger partial charge in [0.15, 0.2) is 0 Å². The molecule has 110 valence electrons. The zero-order valence-electron chi connectivity index (χ0n) is 13.2. The van der Waals surface area contributed by atoms with Gasteiger partial charge in [0, 0.05) is 6.54 Å². The third-order valence-corrected chi connectivity index (χ3v) is 3.90. The predicted octanol–water partition coefficient (Wildman–Crippen LogP) is 4.80. The molecule has 2 heteroatoms. The van der Waals surface area contributed by atoms with E-state index in [2.05, 4.69) is 50.4 Å². The monoisotopic (exact) mass is 273 g/mol. The van der Waals surface area contributed by atoms with Crippen LogP contribution in [-0.2, 0) is 0 Å². The molecule has 1 aromatic carbocycles. The molecule has 0 fully saturated rings. The molecular weight excluding hydrogens is 246 g/mol. The molecular formula is C18H27NO. The summed E-state index contributed by atoms with van der Waals surface area (Å²) < 4.78 is 5.73. The van der Waals surface area contributed by atoms with E-state index in [9.17, 15) is 0 Å². The fourth-order valence-corrected chi connectivity index (χ4v) is 3.15. The summed E-state index contributed by atoms with van der Waals surface area (Å²) in [7, 11) is 0. The SMILES string of the molecule is CCOc1cc(C)ccc1NCC1CC(C)=CC(C)C1. The Kier molecular flexibility index (Phi) is 5.11. The van der Waals surface area contributed by atoms with Crippen LogP contribution in [0.3, 0.4) is 0 Å². The molecule has 0 saturated carbocycles. The zero-order chi connectivity index (χ0) is 14.5. The topological polar surface area (TPSA) is 21.3 Å². The lowest BCUT2D eigenvalue weighted by Gasteiger charge is -2.26. The highest BCUT2D eigenvalue weighted by Gasteiger charge is 2.18. The number of anilines is 1. The van der Waals surface area contributed by atoms with Crippen LogP contribution in [0.1, 0.15) is 39.2 Å². The standard InChI is InChI=1S/C18H27NO/c1-5-20-18-11-13(2)6-7-17(18)19-12-16-9-14(3)8-15(4)10-16/h6-8,11,14,16,19H,5,9-10,12H2,1-4H3. The molecule has 0 aliphatic heterocycles. The van der Waals surface area contributed by atoms with Crippen molar-refractivity contribution >= 4 is 5.69 Å². The van der Waals surface area contributed by atoms with E-state index in [0.29, 0.717) is 12.5 Å². The molecule has 0 heterocycles. The first kappa shape index (κ1) is 15.0. The highest BCUT2D eigenvalue weighted by atomic mass is 16.5. The zero-order valence-corrected chi connectivity index (χ0v) is 13.2. The first-order valence-electron chi connectivity index (χ1n) is 7.73. The van der Waals surface area contributed by atoms with Crippen LogP contribution >= 0.6 is 0 Å². The lowest BCUT2D eigenvalue weighted by Crippen LogP contribution is -2.20. The van der Waals surface area contributed by atoms with Crippen molar-refractivity contribution < 1.29 is 4.74 Å². The van der Waals surface area contributed by atoms with E-state index in [4.69, 9.17) is 4.74 Å². The Labute approximate surface area is 123 Å². The Hall–Kier alpha value is -1.44. The van der Waals surface area contributed by atoms with E-state index in [0.717, 1.165) is 23.9 Å². The van der Waals surface area contributed by atoms with Crippen LogP contribution in [-0.4, -0.2) is 13.2 Å². The molecule has 2 rings (SSSR count). The summed E-state index contributed by atoms with van der Waals surface area (Å²) in [6, 6.07) is 6.38. The van der Waals surface area contributed by atoms with E-state index in [1.165, 1.54) is 24.0 Å². The smallest absolute Gasteiger partial charge is 0.142 e. The van der Waals surface area contributed by atoms with Gasteiger partial charge in [-0.3, -0.25) is 0 Å². The average Bonchev–Trinajstić information content (AvgIpc) is 2.37. The van der Waals surface area contributed by atoms with Gasteiger partial charge in [0.25, 0.3) is 0 Å². The van der Waals surface area contributed by atoms with Crippen LogP contribution in [0, 0.1) is 18.8 Å². The van der Waals surface area contributed by atoms with Crippen LogP contribution < -0.4 is 10.1 Å². The van der Waals surface area contributed by atoms with Gasteiger partial charge in [-0.25, -0.2) is 0 Å². The highest BCUT2D eigenvalue weighted by molar-refractivity contribution is 5.57. The Morgan fingerprint density at radius 3 is 2.80 bits per heavy atom. The van der Waals surface area contributed by atoms with Crippen molar-refractivity contribution in [1.82, 2.24) is 0 Å². The van der Waals surface area contributed by atoms with Crippen molar-refractivity contribution in [2.45, 2.75) is 40.5 Å². The number of hydrogen-bond donors (Lipinski definition) is 1. The van der Waals surface area contributed by atoms with Gasteiger partial charge >= 0.3 is 0 Å². The molecule has 0 saturated heterocycles. The fraction of sp³-hybridized carbons (Fsp3) is 0.556. The number of hydrogen-bond acceptors (Lipinski definition) is 2. The van der Waals surface area contributed by atoms with Crippen molar-refractivity contribution in [3.63, 3.8) is 0 Å². The second-order valence-corrected chi connectivity index (χ2v) is 6.11. The summed E-state index contributed by atoms with van der Waals surface area (Å²) in [6.07, 6.45) is 4.90. The van der Waals surface area contributed by atoms with Crippen LogP contribution in [0.2, 0.25) is 0 Å². The summed E-state index contributed by atoms with van der Waals surface area (Å²) in [4.78, 5) is 0. The number of rotatable bonds is 5. The van der Waals surface area contributed by atoms with Crippen LogP contribution in [0.15, 0.2) is 29.8 Å². The van der Waals surface area contributed by atoms with Crippen LogP contribution in [0.4, 0.5) is 5.69 Å². The fourth-order valence-electron chi connectivity index (χ4n) is 3.15. The van der Waals surface area contributed by atoms with Crippen molar-refractivity contribution in [2.24, 2.45) is 11.8 Å². The minimum absolute atomic E-state index is 0.708. The molecule has 0 spiro atoms. The minimum Gasteiger partial charge on any atom is -0.492 e. The summed E-state index contributed by atoms with van der Waals surface area (Å²) in [5.41, 5.74) is 3.89. The third kappa shape index (κ3) is 4.03. The molecule has 1 aliphatic carbocycles. The summed E-state index contributed by atoms with van der Waals surface area (Å²) in [6.45, 7) is 10.4. The van der Waals surface area contributed by atoms with Crippen molar-refractivity contribution in [3.05, 3.63) is 35.4 Å². The van der Waals surface area contributed by atoms with Crippen LogP contribution in [0.5, 0.6) is 5.75 Å². The van der Waals surface area contributed by atoms with Crippen molar-refractivity contribution in [3.8, 4) is 5.75 Å². The van der Waals surface area contributed by atoms with E-state index in [1.807, 2.05) is 6.92 Å². The second-order valence-electron chi connectivity index (χ2n) is 6.11. The van der Waals surface area contributed by atoms with Crippen LogP contribution in [0.25, 0.3) is 0 Å². The molecule has 20 heavy (non-hydrogen) atoms. The van der Waals surface area contributed by atoms with Gasteiger partial charge in [0.2, 0.25) is 0 Å². The van der Waals surface area contributed by atoms with Gasteiger partial charge < -0.3 is 10.1 Å². The summed E-state index contributed by atoms with van der Waals surface area (Å²) >= 11 is 0. The Balaban J connectivity index is 1.98. The molecule has 1 aromatic rings. The first-order valence-corrected chi connectivity index (χ1v) is 7.73. The van der Waals surface area contributed by atoms with E-state index < -0.39 is 0 Å². The summed E-state index contributed by atoms with van der Waals surface area (Å²) in [5.74, 6) is 2.41. The number of aryl methyl sites for hydroxylation is 1. The minimum atomic E-state index is 0.708. The maximum absolute atomic E-state index is 5.73. The lowest BCUT2D eigenvalue weighted by molar-refractivity contribution is 0.341. The number of ether oxygens (including phenoxy) is 1. The highest BCUT2D eigenvalue weighted by Crippen LogP contribution is 2.30. The molecule has 0 bridgehead atoms. The lowest BCUT2D eigenvalue weighted by atomic mass is 9.84. The molecule has 0 amide bonds. The Morgan fingerprint density at radius 2 is 2.10 bits per heavy atom. The quantitative estimate of drug-likeness (QED) is 0.778. The Morgan fingerprint density at radius 1 is 1.30 bits per heavy atom. The molecule has 1 N–H and O–H groups in total. The van der Waals surface area contributed by atoms with Gasteiger partial charge in [0.05, 0.1) is 12.3 Å². The van der Waals surface area contributed by atoms with E-state index in [1.54, 1.807) is 0 Å². The first-order chi connectivity index (χ1) is 9.58. The van der Waals surface area contributed by atoms with Gasteiger partial charge in [0.1, 0.15) is 5.75 Å². The molecule has 2 unspecified atom stereocenters. The van der Waals surface area contributed by atoms with Gasteiger partial charge in [-0.05, 0) is 63.1 Å². The maximum atomic E-state index is 5.73. The summed E-state index contributed by atoms with van der Waals surface area (Å²) in [5, 5.41) is 3.58. The van der Waals surface area contributed by atoms with Crippen molar-refractivity contribution in [1.29, 1.82) is 0 Å². The number of nitrogens with one attached hydrogen (secondary N) is 1. The van der Waals surface area contributed by atoms with Gasteiger partial charge in [-0.1, -0.05) is 24.6 Å². The average molecular weight is 273 g/mol. The normalized spacial score (nSPS) is 22.3. The third-order valence-electron chi connectivity index (χ3n) is 3.90. The van der Waals surface area contributed by atoms with Crippen molar-refractivity contribution in [2.75, 3.05) is 18.5 Å². The molecule has 0 aromatic heterocycles. The maximum Gasteiger partial charge on any atom is 0.142 e. The second kappa shape index (κ2) is 6.83. The largest absolute Gasteiger partial charge is 0.492 e. The Bertz CT molecular complexity index is 478. The molecule has 1 aliphatic rings. The number of allylic oxidation sites excluding steroid dienone is 2. The van der Waals surface area contributed by atoms with Gasteiger partial charge in [-0.2, -0.15) is 0 Å². The van der Waals surface area contributed by atoms with E-state index >= 15 is 0 Å². The molecule has 2 atom stereocenters. The van der Waals surface area contributed by atoms with E-state index in [-0.39, 0.29) is 0 Å². The predicted molar refractivity (Wildman–Crippen MR) is 86.5 cm³/mol. The molecule has 0 radical (unpaired) electrons. The number of benzene rings is 1.